The Kier molecular flexibility index (Phi) is 21.7. The number of phenols is 1. The number of urea groups is 1. The lowest BCUT2D eigenvalue weighted by Crippen LogP contribution is -2.62. The number of carbonyl (C=O) groups is 6. The highest BCUT2D eigenvalue weighted by atomic mass is 16.7. The highest BCUT2D eigenvalue weighted by Gasteiger charge is 2.66. The van der Waals surface area contributed by atoms with E-state index in [2.05, 4.69) is 16.0 Å². The first-order valence-electron chi connectivity index (χ1n) is 31.2. The zero-order valence-electron chi connectivity index (χ0n) is 54.0. The molecular formula is C63H97N5O22. The Balaban J connectivity index is 0.992. The molecule has 1 aromatic carbocycles. The fraction of sp³-hybridized carbons (Fsp3) is 0.746. The van der Waals surface area contributed by atoms with Gasteiger partial charge in [-0.2, -0.15) is 0 Å². The van der Waals surface area contributed by atoms with Crippen LogP contribution < -0.4 is 27.4 Å². The summed E-state index contributed by atoms with van der Waals surface area (Å²) >= 11 is 0. The Hall–Kier alpha value is -5.56. The van der Waals surface area contributed by atoms with E-state index in [1.54, 1.807) is 48.5 Å². The smallest absolute Gasteiger partial charge is 0.407 e. The third-order valence-electron chi connectivity index (χ3n) is 20.4. The molecule has 3 aliphatic heterocycles. The summed E-state index contributed by atoms with van der Waals surface area (Å²) in [7, 11) is 1.43. The number of anilines is 1. The Morgan fingerprint density at radius 3 is 2.04 bits per heavy atom. The minimum atomic E-state index is -2.89. The number of aliphatic hydroxyl groups excluding tert-OH is 4. The van der Waals surface area contributed by atoms with Crippen molar-refractivity contribution < 1.29 is 108 Å². The van der Waals surface area contributed by atoms with Gasteiger partial charge in [-0.3, -0.25) is 19.2 Å². The number of amides is 4. The van der Waals surface area contributed by atoms with E-state index < -0.39 is 200 Å². The largest absolute Gasteiger partial charge is 0.508 e. The third-order valence-corrected chi connectivity index (χ3v) is 20.4. The predicted octanol–water partition coefficient (Wildman–Crippen LogP) is 3.23. The first-order valence-corrected chi connectivity index (χ1v) is 31.2. The van der Waals surface area contributed by atoms with Gasteiger partial charge in [-0.1, -0.05) is 47.6 Å². The number of esters is 1. The molecule has 9 unspecified atom stereocenters. The molecule has 3 aliphatic carbocycles. The molecule has 3 heterocycles. The predicted molar refractivity (Wildman–Crippen MR) is 321 cm³/mol. The fourth-order valence-electron chi connectivity index (χ4n) is 14.9. The number of primary amides is 1. The van der Waals surface area contributed by atoms with Gasteiger partial charge in [0.1, 0.15) is 46.3 Å². The number of cyclic esters (lactones) is 1. The number of nitrogens with one attached hydrogen (secondary N) is 3. The van der Waals surface area contributed by atoms with E-state index in [1.165, 1.54) is 40.0 Å². The van der Waals surface area contributed by atoms with Crippen molar-refractivity contribution in [2.24, 2.45) is 58.8 Å². The third kappa shape index (κ3) is 13.5. The van der Waals surface area contributed by atoms with Crippen LogP contribution in [-0.2, 0) is 57.9 Å². The number of ether oxygens (including phenoxy) is 7. The van der Waals surface area contributed by atoms with Crippen molar-refractivity contribution in [2.45, 2.75) is 230 Å². The molecular weight excluding hydrogens is 1180 g/mol. The molecule has 0 radical (unpaired) electrons. The van der Waals surface area contributed by atoms with Gasteiger partial charge in [0.25, 0.3) is 5.91 Å². The van der Waals surface area contributed by atoms with Crippen molar-refractivity contribution in [1.29, 1.82) is 0 Å². The number of aliphatic hydroxyl groups is 8. The molecule has 4 amide bonds. The molecule has 0 aromatic heterocycles. The first kappa shape index (κ1) is 71.9. The van der Waals surface area contributed by atoms with Crippen molar-refractivity contribution in [3.63, 3.8) is 0 Å². The number of aromatic hydroxyl groups is 1. The number of Topliss-reactive ketones (excluding diaryl/α,β-unsaturated/α-hetero) is 2. The highest BCUT2D eigenvalue weighted by Crippen LogP contribution is 2.58. The molecule has 27 nitrogen and oxygen atoms in total. The summed E-state index contributed by atoms with van der Waals surface area (Å²) in [6, 6.07) is 0.992. The van der Waals surface area contributed by atoms with Crippen molar-refractivity contribution in [3.8, 4) is 5.75 Å². The maximum absolute atomic E-state index is 14.5. The lowest BCUT2D eigenvalue weighted by atomic mass is 9.53. The second kappa shape index (κ2) is 27.2. The molecule has 16 N–H and O–H groups in total. The number of nitrogens with two attached hydrogens (primary N) is 2. The van der Waals surface area contributed by atoms with Crippen LogP contribution in [0.15, 0.2) is 29.0 Å². The number of unbranched alkanes of at least 4 members (excludes halogenated alkanes) is 1. The Morgan fingerprint density at radius 2 is 1.43 bits per heavy atom. The maximum Gasteiger partial charge on any atom is 0.407 e. The summed E-state index contributed by atoms with van der Waals surface area (Å²) in [5.41, 5.74) is -0.0892. The molecule has 90 heavy (non-hydrogen) atoms. The van der Waals surface area contributed by atoms with E-state index in [0.717, 1.165) is 0 Å². The molecule has 1 saturated carbocycles. The van der Waals surface area contributed by atoms with E-state index in [0.29, 0.717) is 19.3 Å². The maximum atomic E-state index is 14.5. The number of carbonyl (C=O) groups excluding carboxylic acids is 6. The zero-order valence-corrected chi connectivity index (χ0v) is 54.0. The minimum Gasteiger partial charge on any atom is -0.508 e. The van der Waals surface area contributed by atoms with Gasteiger partial charge >= 0.3 is 18.1 Å². The topological polar surface area (TPSA) is 437 Å². The molecule has 506 valence electrons. The monoisotopic (exact) mass is 1280 g/mol. The van der Waals surface area contributed by atoms with Crippen molar-refractivity contribution in [3.05, 3.63) is 40.2 Å². The van der Waals surface area contributed by atoms with Gasteiger partial charge in [-0.15, -0.1) is 0 Å². The molecule has 7 rings (SSSR count). The van der Waals surface area contributed by atoms with Gasteiger partial charge in [0, 0.05) is 67.8 Å². The van der Waals surface area contributed by atoms with Gasteiger partial charge in [0.05, 0.1) is 58.9 Å². The number of hydrogen-bond acceptors (Lipinski definition) is 23. The van der Waals surface area contributed by atoms with Crippen LogP contribution in [0.4, 0.5) is 15.3 Å². The van der Waals surface area contributed by atoms with Crippen molar-refractivity contribution in [1.82, 2.24) is 10.6 Å². The normalized spacial score (nSPS) is 42.0. The van der Waals surface area contributed by atoms with Gasteiger partial charge < -0.3 is 107 Å². The number of fused-ring (bicyclic) bond motifs is 3. The van der Waals surface area contributed by atoms with E-state index in [1.807, 2.05) is 20.8 Å². The summed E-state index contributed by atoms with van der Waals surface area (Å²) in [5.74, 6) is -14.7. The van der Waals surface area contributed by atoms with Crippen LogP contribution in [0.1, 0.15) is 146 Å². The highest BCUT2D eigenvalue weighted by molar-refractivity contribution is 6.23. The zero-order chi connectivity index (χ0) is 67.4. The molecule has 4 fully saturated rings. The number of ketones is 2. The number of methoxy groups -OCH3 is 1. The van der Waals surface area contributed by atoms with Gasteiger partial charge in [0.2, 0.25) is 5.78 Å². The molecule has 0 bridgehead atoms. The Morgan fingerprint density at radius 1 is 0.800 bits per heavy atom. The second-order valence-electron chi connectivity index (χ2n) is 27.2. The first-order chi connectivity index (χ1) is 41.7. The van der Waals surface area contributed by atoms with Crippen LogP contribution in [0.2, 0.25) is 0 Å². The minimum absolute atomic E-state index is 0.00256. The van der Waals surface area contributed by atoms with E-state index in [9.17, 15) is 74.7 Å². The Labute approximate surface area is 524 Å². The second-order valence-corrected chi connectivity index (χ2v) is 27.2. The standard InChI is InChI=1S/C63H97N5O22/c1-15-38-62(13,82)49(73)30(6)43(64)27(3)24-59(10,80)52(89-56-44(69)26(2)22-28(4)85-56)31(7)48(32(8)55(77)87-38)88-39-25-60(11,84-14)53(33(9)86-39)90-58(79)67-21-17-16-20-66-57(78)68-37-19-18-34-40(46(37)71)47(72)41-36(61(34,12)81)23-35-29(5)45(70)42(54(65)76)51(75)63(35,83)50(41)74/h18-19,26-33,35-36,38-39,43-44,48-49,52-53,56,69,71-73,75,80-83H,15-17,20-25,64H2,1-14H3,(H2,65,76)(H,67,79)(H2,66,68,78)/t26?,27-,28?,29+,30+,31?,32-,33?,35+,36+,38-,39?,43+,44?,48+,49-,52-,53?,56?,59-,60?,61-,62-,63+/m1/s1. The molecule has 1 aromatic rings. The number of hydrogen-bond donors (Lipinski definition) is 14. The molecule has 3 saturated heterocycles. The lowest BCUT2D eigenvalue weighted by molar-refractivity contribution is -0.317. The molecule has 27 heteroatoms. The lowest BCUT2D eigenvalue weighted by Gasteiger charge is -2.51. The average molecular weight is 1280 g/mol. The SMILES string of the molecule is CC[C@H]1OC(=O)[C@H](C)[C@@H](OC2CC(C)(OC)C(OC(=O)NCCCCNC(=O)Nc3ccc4c(c3O)C(O)=C3C(=O)[C@]5(O)C(O)=C(C(N)=O)C(=O)[C@@H](C)[C@@H]5C[C@@H]3[C@]4(C)O)C(C)O2)C(C)[C@@H](OC2OC(C)CC(C)C2O)[C@](C)(O)C[C@@H](C)[C@H](N)[C@H](C)[C@@H](O)[C@]1(C)O. The van der Waals surface area contributed by atoms with Crippen LogP contribution in [-0.4, -0.2) is 192 Å². The summed E-state index contributed by atoms with van der Waals surface area (Å²) in [5, 5.41) is 113. The molecule has 6 aliphatic rings. The van der Waals surface area contributed by atoms with Gasteiger partial charge in [-0.25, -0.2) is 9.59 Å². The molecule has 0 spiro atoms. The summed E-state index contributed by atoms with van der Waals surface area (Å²) < 4.78 is 44.2. The molecule has 24 atom stereocenters. The number of phenolic OH excluding ortho intramolecular Hbond substituents is 1. The van der Waals surface area contributed by atoms with Crippen LogP contribution in [0.25, 0.3) is 5.76 Å². The number of alkyl carbamates (subject to hydrolysis) is 1. The van der Waals surface area contributed by atoms with E-state index >= 15 is 0 Å². The Bertz CT molecular complexity index is 2930. The fourth-order valence-corrected chi connectivity index (χ4v) is 14.9. The number of rotatable bonds is 14. The number of benzene rings is 1. The summed E-state index contributed by atoms with van der Waals surface area (Å²) in [6.45, 7) is 21.3. The summed E-state index contributed by atoms with van der Waals surface area (Å²) in [4.78, 5) is 80.6. The van der Waals surface area contributed by atoms with Gasteiger partial charge in [0.15, 0.2) is 30.1 Å². The quantitative estimate of drug-likeness (QED) is 0.0550. The van der Waals surface area contributed by atoms with Gasteiger partial charge in [-0.05, 0) is 110 Å². The van der Waals surface area contributed by atoms with Crippen LogP contribution in [0.3, 0.4) is 0 Å². The van der Waals surface area contributed by atoms with E-state index in [4.69, 9.17) is 44.6 Å². The van der Waals surface area contributed by atoms with Crippen LogP contribution >= 0.6 is 0 Å². The van der Waals surface area contributed by atoms with Crippen LogP contribution in [0, 0.1) is 47.3 Å². The average Bonchev–Trinajstić information content (AvgIpc) is 0.692. The summed E-state index contributed by atoms with van der Waals surface area (Å²) in [6.07, 6.45) is -10.6. The van der Waals surface area contributed by atoms with E-state index in [-0.39, 0.29) is 62.0 Å². The van der Waals surface area contributed by atoms with Crippen LogP contribution in [0.5, 0.6) is 5.75 Å². The van der Waals surface area contributed by atoms with Crippen molar-refractivity contribution >= 4 is 47.0 Å². The van der Waals surface area contributed by atoms with Crippen molar-refractivity contribution in [2.75, 3.05) is 25.5 Å².